The largest absolute Gasteiger partial charge is 0.383 e. The van der Waals surface area contributed by atoms with Crippen molar-refractivity contribution in [1.29, 1.82) is 0 Å². The van der Waals surface area contributed by atoms with E-state index in [1.165, 1.54) is 19.3 Å². The van der Waals surface area contributed by atoms with Crippen molar-refractivity contribution in [2.24, 2.45) is 23.5 Å². The Morgan fingerprint density at radius 1 is 1.12 bits per heavy atom. The van der Waals surface area contributed by atoms with E-state index in [4.69, 9.17) is 10.5 Å². The number of rotatable bonds is 6. The molecule has 1 saturated heterocycles. The molecule has 3 fully saturated rings. The topological polar surface area (TPSA) is 87.9 Å². The number of carbonyl (C=O) groups excluding carboxylic acids is 2. The predicted molar refractivity (Wildman–Crippen MR) is 99.4 cm³/mol. The number of piperazine rings is 1. The van der Waals surface area contributed by atoms with Crippen LogP contribution in [-0.4, -0.2) is 80.6 Å². The van der Waals surface area contributed by atoms with Crippen molar-refractivity contribution in [2.75, 3.05) is 53.0 Å². The molecule has 3 aliphatic rings. The van der Waals surface area contributed by atoms with Gasteiger partial charge in [0.1, 0.15) is 0 Å². The van der Waals surface area contributed by atoms with Crippen LogP contribution in [-0.2, 0) is 14.3 Å². The van der Waals surface area contributed by atoms with Crippen molar-refractivity contribution < 1.29 is 14.3 Å². The second-order valence-electron chi connectivity index (χ2n) is 8.14. The lowest BCUT2D eigenvalue weighted by molar-refractivity contribution is -0.140. The predicted octanol–water partition coefficient (Wildman–Crippen LogP) is 0.0468. The van der Waals surface area contributed by atoms with Gasteiger partial charge in [-0.1, -0.05) is 6.42 Å². The monoisotopic (exact) mass is 366 g/mol. The van der Waals surface area contributed by atoms with Crippen LogP contribution in [0.3, 0.4) is 0 Å². The van der Waals surface area contributed by atoms with Crippen LogP contribution in [0.1, 0.15) is 32.1 Å². The molecule has 0 aromatic carbocycles. The summed E-state index contributed by atoms with van der Waals surface area (Å²) >= 11 is 0. The van der Waals surface area contributed by atoms with Gasteiger partial charge in [0.05, 0.1) is 13.2 Å². The molecule has 26 heavy (non-hydrogen) atoms. The molecule has 2 amide bonds. The van der Waals surface area contributed by atoms with E-state index in [-0.39, 0.29) is 11.8 Å². The van der Waals surface area contributed by atoms with Gasteiger partial charge in [-0.15, -0.1) is 0 Å². The number of nitrogens with zero attached hydrogens (tertiary/aromatic N) is 2. The Morgan fingerprint density at radius 2 is 1.77 bits per heavy atom. The Hall–Kier alpha value is -1.18. The molecule has 1 aliphatic heterocycles. The minimum atomic E-state index is 0.0240. The molecule has 2 unspecified atom stereocenters. The number of hydrogen-bond donors (Lipinski definition) is 2. The highest BCUT2D eigenvalue weighted by molar-refractivity contribution is 5.79. The molecule has 2 atom stereocenters. The molecule has 0 spiro atoms. The first-order valence-corrected chi connectivity index (χ1v) is 10.1. The van der Waals surface area contributed by atoms with Crippen molar-refractivity contribution in [3.8, 4) is 0 Å². The van der Waals surface area contributed by atoms with Crippen molar-refractivity contribution in [3.05, 3.63) is 0 Å². The zero-order chi connectivity index (χ0) is 18.5. The molecule has 2 saturated carbocycles. The summed E-state index contributed by atoms with van der Waals surface area (Å²) in [4.78, 5) is 29.0. The van der Waals surface area contributed by atoms with Crippen molar-refractivity contribution in [3.63, 3.8) is 0 Å². The maximum Gasteiger partial charge on any atom is 0.234 e. The van der Waals surface area contributed by atoms with E-state index in [1.54, 1.807) is 7.11 Å². The minimum absolute atomic E-state index is 0.0240. The van der Waals surface area contributed by atoms with Gasteiger partial charge in [-0.25, -0.2) is 0 Å². The fraction of sp³-hybridized carbons (Fsp3) is 0.895. The number of ether oxygens (including phenoxy) is 1. The normalized spacial score (nSPS) is 32.3. The Bertz CT molecular complexity index is 479. The van der Waals surface area contributed by atoms with Crippen molar-refractivity contribution >= 4 is 11.8 Å². The number of carbonyl (C=O) groups is 2. The summed E-state index contributed by atoms with van der Waals surface area (Å²) < 4.78 is 4.93. The Labute approximate surface area is 156 Å². The lowest BCUT2D eigenvalue weighted by Crippen LogP contribution is -2.54. The maximum atomic E-state index is 13.0. The SMILES string of the molecule is COCCNC(=O)CN1CCN(C(=O)C2CC3CCCC(C2)C3N)CC1. The highest BCUT2D eigenvalue weighted by atomic mass is 16.5. The number of nitrogens with one attached hydrogen (secondary N) is 1. The molecule has 3 N–H and O–H groups in total. The standard InChI is InChI=1S/C19H34N4O3/c1-26-10-5-21-17(24)13-22-6-8-23(9-7-22)19(25)16-11-14-3-2-4-15(12-16)18(14)20/h14-16,18H,2-13,20H2,1H3,(H,21,24). The zero-order valence-electron chi connectivity index (χ0n) is 16.0. The van der Waals surface area contributed by atoms with Crippen LogP contribution in [0.4, 0.5) is 0 Å². The number of hydrogen-bond acceptors (Lipinski definition) is 5. The second-order valence-corrected chi connectivity index (χ2v) is 8.14. The van der Waals surface area contributed by atoms with E-state index in [1.807, 2.05) is 4.90 Å². The van der Waals surface area contributed by atoms with Crippen molar-refractivity contribution in [2.45, 2.75) is 38.1 Å². The molecule has 0 aromatic heterocycles. The van der Waals surface area contributed by atoms with Gasteiger partial charge in [0.2, 0.25) is 11.8 Å². The van der Waals surface area contributed by atoms with Crippen LogP contribution in [0.2, 0.25) is 0 Å². The molecule has 0 aromatic rings. The summed E-state index contributed by atoms with van der Waals surface area (Å²) in [7, 11) is 1.62. The molecule has 7 heteroatoms. The third kappa shape index (κ3) is 4.75. The van der Waals surface area contributed by atoms with Gasteiger partial charge in [0, 0.05) is 51.8 Å². The van der Waals surface area contributed by atoms with Crippen LogP contribution < -0.4 is 11.1 Å². The molecule has 148 valence electrons. The van der Waals surface area contributed by atoms with E-state index in [0.717, 1.165) is 39.0 Å². The molecule has 2 aliphatic carbocycles. The first-order valence-electron chi connectivity index (χ1n) is 10.1. The molecule has 0 radical (unpaired) electrons. The Balaban J connectivity index is 1.42. The van der Waals surface area contributed by atoms with Crippen molar-refractivity contribution in [1.82, 2.24) is 15.1 Å². The molecular formula is C19H34N4O3. The first kappa shape index (κ1) is 19.6. The molecular weight excluding hydrogens is 332 g/mol. The third-order valence-corrected chi connectivity index (χ3v) is 6.44. The van der Waals surface area contributed by atoms with Gasteiger partial charge in [-0.05, 0) is 37.5 Å². The smallest absolute Gasteiger partial charge is 0.234 e. The van der Waals surface area contributed by atoms with Gasteiger partial charge < -0.3 is 20.7 Å². The first-order chi connectivity index (χ1) is 12.6. The van der Waals surface area contributed by atoms with Crippen LogP contribution >= 0.6 is 0 Å². The minimum Gasteiger partial charge on any atom is -0.383 e. The van der Waals surface area contributed by atoms with Gasteiger partial charge >= 0.3 is 0 Å². The third-order valence-electron chi connectivity index (χ3n) is 6.44. The van der Waals surface area contributed by atoms with Crippen LogP contribution in [0.5, 0.6) is 0 Å². The van der Waals surface area contributed by atoms with Gasteiger partial charge in [0.15, 0.2) is 0 Å². The van der Waals surface area contributed by atoms with Crippen LogP contribution in [0, 0.1) is 17.8 Å². The summed E-state index contributed by atoms with van der Waals surface area (Å²) in [5.74, 6) is 1.57. The summed E-state index contributed by atoms with van der Waals surface area (Å²) in [5.41, 5.74) is 6.36. The summed E-state index contributed by atoms with van der Waals surface area (Å²) in [6.07, 6.45) is 5.59. The van der Waals surface area contributed by atoms with E-state index >= 15 is 0 Å². The molecule has 2 bridgehead atoms. The Kier molecular flexibility index (Phi) is 6.89. The zero-order valence-corrected chi connectivity index (χ0v) is 16.0. The van der Waals surface area contributed by atoms with E-state index < -0.39 is 0 Å². The van der Waals surface area contributed by atoms with E-state index in [9.17, 15) is 9.59 Å². The lowest BCUT2D eigenvalue weighted by atomic mass is 9.65. The van der Waals surface area contributed by atoms with E-state index in [2.05, 4.69) is 10.2 Å². The summed E-state index contributed by atoms with van der Waals surface area (Å²) in [5, 5.41) is 2.85. The molecule has 7 nitrogen and oxygen atoms in total. The summed E-state index contributed by atoms with van der Waals surface area (Å²) in [6, 6.07) is 0.307. The molecule has 3 rings (SSSR count). The average Bonchev–Trinajstić information content (AvgIpc) is 2.62. The highest BCUT2D eigenvalue weighted by Crippen LogP contribution is 2.42. The maximum absolute atomic E-state index is 13.0. The van der Waals surface area contributed by atoms with Crippen LogP contribution in [0.15, 0.2) is 0 Å². The number of methoxy groups -OCH3 is 1. The quantitative estimate of drug-likeness (QED) is 0.649. The van der Waals surface area contributed by atoms with E-state index in [0.29, 0.717) is 43.5 Å². The van der Waals surface area contributed by atoms with Gasteiger partial charge in [0.25, 0.3) is 0 Å². The lowest BCUT2D eigenvalue weighted by Gasteiger charge is -2.45. The molecule has 1 heterocycles. The fourth-order valence-corrected chi connectivity index (χ4v) is 4.93. The number of fused-ring (bicyclic) bond motifs is 2. The van der Waals surface area contributed by atoms with Crippen LogP contribution in [0.25, 0.3) is 0 Å². The van der Waals surface area contributed by atoms with Gasteiger partial charge in [-0.2, -0.15) is 0 Å². The highest BCUT2D eigenvalue weighted by Gasteiger charge is 2.41. The average molecular weight is 367 g/mol. The summed E-state index contributed by atoms with van der Waals surface area (Å²) in [6.45, 7) is 4.45. The Morgan fingerprint density at radius 3 is 2.38 bits per heavy atom. The fourth-order valence-electron chi connectivity index (χ4n) is 4.93. The second kappa shape index (κ2) is 9.15. The number of nitrogens with two attached hydrogens (primary N) is 1. The number of amides is 2. The van der Waals surface area contributed by atoms with Gasteiger partial charge in [-0.3, -0.25) is 14.5 Å².